The summed E-state index contributed by atoms with van der Waals surface area (Å²) in [5, 5.41) is 2.73. The highest BCUT2D eigenvalue weighted by molar-refractivity contribution is 7.89. The molecule has 2 saturated heterocycles. The molecule has 2 aliphatic heterocycles. The van der Waals surface area contributed by atoms with Crippen LogP contribution >= 0.6 is 0 Å². The van der Waals surface area contributed by atoms with Crippen molar-refractivity contribution in [2.24, 2.45) is 0 Å². The Morgan fingerprint density at radius 1 is 0.943 bits per heavy atom. The van der Waals surface area contributed by atoms with Gasteiger partial charge in [0, 0.05) is 26.2 Å². The second kappa shape index (κ2) is 9.09. The van der Waals surface area contributed by atoms with Gasteiger partial charge in [0.25, 0.3) is 5.91 Å². The number of carbonyl (C=O) groups is 3. The smallest absolute Gasteiger partial charge is 0.325 e. The van der Waals surface area contributed by atoms with E-state index in [1.807, 2.05) is 32.9 Å². The Labute approximate surface area is 205 Å². The molecule has 2 heterocycles. The summed E-state index contributed by atoms with van der Waals surface area (Å²) >= 11 is 0. The standard InChI is InChI=1S/C25H30N4O5S/c1-17-9-10-20(15-19(17)3)35(33,34)28-13-11-27(12-14-28)22(30)16-29-23(31)25(4,26-24(29)32)21-8-6-5-7-18(21)2/h5-10,15H,11-14,16H2,1-4H3,(H,26,32). The van der Waals surface area contributed by atoms with E-state index in [0.29, 0.717) is 5.56 Å². The lowest BCUT2D eigenvalue weighted by Crippen LogP contribution is -2.53. The van der Waals surface area contributed by atoms with Crippen molar-refractivity contribution in [1.29, 1.82) is 0 Å². The Hall–Kier alpha value is -3.24. The molecule has 2 fully saturated rings. The van der Waals surface area contributed by atoms with Crippen molar-refractivity contribution in [3.8, 4) is 0 Å². The summed E-state index contributed by atoms with van der Waals surface area (Å²) in [6.07, 6.45) is 0. The van der Waals surface area contributed by atoms with Gasteiger partial charge >= 0.3 is 6.03 Å². The normalized spacial score (nSPS) is 21.4. The zero-order chi connectivity index (χ0) is 25.5. The summed E-state index contributed by atoms with van der Waals surface area (Å²) in [5.74, 6) is -0.883. The number of sulfonamides is 1. The molecule has 0 aliphatic carbocycles. The van der Waals surface area contributed by atoms with Gasteiger partial charge in [-0.3, -0.25) is 14.5 Å². The highest BCUT2D eigenvalue weighted by atomic mass is 32.2. The molecule has 1 atom stereocenters. The molecule has 2 aromatic rings. The van der Waals surface area contributed by atoms with Gasteiger partial charge < -0.3 is 10.2 Å². The average Bonchev–Trinajstić information content (AvgIpc) is 3.04. The molecule has 0 radical (unpaired) electrons. The maximum absolute atomic E-state index is 13.2. The molecule has 0 aromatic heterocycles. The molecule has 2 aliphatic rings. The minimum absolute atomic E-state index is 0.141. The highest BCUT2D eigenvalue weighted by Crippen LogP contribution is 2.31. The van der Waals surface area contributed by atoms with Gasteiger partial charge in [0.1, 0.15) is 12.1 Å². The van der Waals surface area contributed by atoms with E-state index >= 15 is 0 Å². The lowest BCUT2D eigenvalue weighted by Gasteiger charge is -2.34. The fourth-order valence-electron chi connectivity index (χ4n) is 4.59. The number of imide groups is 1. The van der Waals surface area contributed by atoms with Gasteiger partial charge in [-0.05, 0) is 62.1 Å². The predicted molar refractivity (Wildman–Crippen MR) is 130 cm³/mol. The van der Waals surface area contributed by atoms with E-state index in [1.165, 1.54) is 9.21 Å². The minimum Gasteiger partial charge on any atom is -0.338 e. The van der Waals surface area contributed by atoms with Crippen molar-refractivity contribution in [3.63, 3.8) is 0 Å². The molecule has 9 nitrogen and oxygen atoms in total. The van der Waals surface area contributed by atoms with Crippen LogP contribution in [-0.4, -0.2) is 73.1 Å². The van der Waals surface area contributed by atoms with Crippen LogP contribution in [0.25, 0.3) is 0 Å². The number of nitrogens with zero attached hydrogens (tertiary/aromatic N) is 3. The van der Waals surface area contributed by atoms with Crippen molar-refractivity contribution in [1.82, 2.24) is 19.4 Å². The largest absolute Gasteiger partial charge is 0.338 e. The first-order valence-electron chi connectivity index (χ1n) is 11.5. The molecule has 1 unspecified atom stereocenters. The van der Waals surface area contributed by atoms with Gasteiger partial charge in [0.05, 0.1) is 4.90 Å². The van der Waals surface area contributed by atoms with Gasteiger partial charge in [0.15, 0.2) is 0 Å². The van der Waals surface area contributed by atoms with Gasteiger partial charge in [-0.2, -0.15) is 4.31 Å². The molecular weight excluding hydrogens is 468 g/mol. The first-order valence-corrected chi connectivity index (χ1v) is 12.9. The van der Waals surface area contributed by atoms with Crippen LogP contribution in [0.3, 0.4) is 0 Å². The van der Waals surface area contributed by atoms with E-state index < -0.39 is 40.0 Å². The van der Waals surface area contributed by atoms with Crippen molar-refractivity contribution in [3.05, 3.63) is 64.7 Å². The van der Waals surface area contributed by atoms with E-state index in [2.05, 4.69) is 5.32 Å². The van der Waals surface area contributed by atoms with Crippen molar-refractivity contribution in [2.75, 3.05) is 32.7 Å². The lowest BCUT2D eigenvalue weighted by molar-refractivity contribution is -0.139. The number of carbonyl (C=O) groups excluding carboxylic acids is 3. The molecule has 4 rings (SSSR count). The number of nitrogens with one attached hydrogen (secondary N) is 1. The zero-order valence-corrected chi connectivity index (χ0v) is 21.2. The summed E-state index contributed by atoms with van der Waals surface area (Å²) < 4.78 is 27.4. The summed E-state index contributed by atoms with van der Waals surface area (Å²) in [6.45, 7) is 7.54. The maximum atomic E-state index is 13.2. The van der Waals surface area contributed by atoms with Crippen molar-refractivity contribution < 1.29 is 22.8 Å². The second-order valence-electron chi connectivity index (χ2n) is 9.29. The molecule has 186 valence electrons. The fourth-order valence-corrected chi connectivity index (χ4v) is 6.10. The van der Waals surface area contributed by atoms with Crippen LogP contribution in [0.1, 0.15) is 29.2 Å². The van der Waals surface area contributed by atoms with Crippen LogP contribution in [-0.2, 0) is 25.2 Å². The third kappa shape index (κ3) is 4.43. The molecule has 35 heavy (non-hydrogen) atoms. The molecule has 10 heteroatoms. The molecule has 2 aromatic carbocycles. The Balaban J connectivity index is 1.41. The lowest BCUT2D eigenvalue weighted by atomic mass is 9.88. The molecule has 4 amide bonds. The van der Waals surface area contributed by atoms with E-state index in [9.17, 15) is 22.8 Å². The summed E-state index contributed by atoms with van der Waals surface area (Å²) in [4.78, 5) is 41.4. The number of benzene rings is 2. The fraction of sp³-hybridized carbons (Fsp3) is 0.400. The predicted octanol–water partition coefficient (Wildman–Crippen LogP) is 1.91. The van der Waals surface area contributed by atoms with Gasteiger partial charge in [-0.15, -0.1) is 0 Å². The van der Waals surface area contributed by atoms with E-state index in [4.69, 9.17) is 0 Å². The van der Waals surface area contributed by atoms with E-state index in [1.54, 1.807) is 37.3 Å². The Morgan fingerprint density at radius 2 is 1.60 bits per heavy atom. The van der Waals surface area contributed by atoms with Crippen molar-refractivity contribution >= 4 is 27.9 Å². The van der Waals surface area contributed by atoms with Crippen LogP contribution in [0.5, 0.6) is 0 Å². The third-order valence-corrected chi connectivity index (χ3v) is 8.85. The average molecular weight is 499 g/mol. The monoisotopic (exact) mass is 498 g/mol. The summed E-state index contributed by atoms with van der Waals surface area (Å²) in [7, 11) is -3.67. The number of hydrogen-bond donors (Lipinski definition) is 1. The van der Waals surface area contributed by atoms with E-state index in [-0.39, 0.29) is 31.1 Å². The Kier molecular flexibility index (Phi) is 6.46. The minimum atomic E-state index is -3.67. The zero-order valence-electron chi connectivity index (χ0n) is 20.4. The van der Waals surface area contributed by atoms with Crippen LogP contribution in [0.2, 0.25) is 0 Å². The Bertz CT molecular complexity index is 1300. The van der Waals surface area contributed by atoms with Crippen LogP contribution in [0.4, 0.5) is 4.79 Å². The van der Waals surface area contributed by atoms with Gasteiger partial charge in [-0.25, -0.2) is 13.2 Å². The number of hydrogen-bond acceptors (Lipinski definition) is 5. The number of piperazine rings is 1. The molecule has 1 N–H and O–H groups in total. The highest BCUT2D eigenvalue weighted by Gasteiger charge is 2.50. The van der Waals surface area contributed by atoms with Crippen molar-refractivity contribution in [2.45, 2.75) is 38.1 Å². The SMILES string of the molecule is Cc1ccc(S(=O)(=O)N2CCN(C(=O)CN3C(=O)NC(C)(c4ccccc4C)C3=O)CC2)cc1C. The summed E-state index contributed by atoms with van der Waals surface area (Å²) in [5.41, 5.74) is 2.20. The van der Waals surface area contributed by atoms with Crippen LogP contribution < -0.4 is 5.32 Å². The second-order valence-corrected chi connectivity index (χ2v) is 11.2. The molecule has 0 saturated carbocycles. The number of amides is 4. The van der Waals surface area contributed by atoms with Gasteiger partial charge in [-0.1, -0.05) is 30.3 Å². The molecular formula is C25H30N4O5S. The van der Waals surface area contributed by atoms with E-state index in [0.717, 1.165) is 21.6 Å². The molecule has 0 bridgehead atoms. The first-order chi connectivity index (χ1) is 16.4. The van der Waals surface area contributed by atoms with Crippen LogP contribution in [0.15, 0.2) is 47.4 Å². The number of urea groups is 1. The summed E-state index contributed by atoms with van der Waals surface area (Å²) in [6, 6.07) is 11.7. The Morgan fingerprint density at radius 3 is 2.23 bits per heavy atom. The quantitative estimate of drug-likeness (QED) is 0.634. The topological polar surface area (TPSA) is 107 Å². The molecule has 0 spiro atoms. The third-order valence-electron chi connectivity index (χ3n) is 6.96. The number of rotatable bonds is 5. The van der Waals surface area contributed by atoms with Gasteiger partial charge in [0.2, 0.25) is 15.9 Å². The first kappa shape index (κ1) is 24.9. The maximum Gasteiger partial charge on any atom is 0.325 e. The van der Waals surface area contributed by atoms with Crippen LogP contribution in [0, 0.1) is 20.8 Å². The number of aryl methyl sites for hydroxylation is 3.